The first-order chi connectivity index (χ1) is 8.93. The Labute approximate surface area is 117 Å². The number of likely N-dealkylation sites (tertiary alicyclic amines) is 1. The minimum atomic E-state index is -0.806. The topological polar surface area (TPSA) is 57.6 Å². The third-order valence-electron chi connectivity index (χ3n) is 3.83. The van der Waals surface area contributed by atoms with Crippen molar-refractivity contribution >= 4 is 23.2 Å². The molecule has 2 heterocycles. The molecule has 104 valence electrons. The number of aryl methyl sites for hydroxylation is 2. The van der Waals surface area contributed by atoms with E-state index in [4.69, 9.17) is 5.11 Å². The highest BCUT2D eigenvalue weighted by Gasteiger charge is 2.37. The van der Waals surface area contributed by atoms with Crippen LogP contribution < -0.4 is 0 Å². The van der Waals surface area contributed by atoms with Crippen molar-refractivity contribution in [3.8, 4) is 0 Å². The smallest absolute Gasteiger partial charge is 0.308 e. The standard InChI is InChI=1S/C14H19NO3S/c1-4-10-5-12(19-9(10)3)13(16)15-6-8(2)11(7-15)14(17)18/h5,8,11H,4,6-7H2,1-3H3,(H,17,18)/t8-,11-/m1/s1. The SMILES string of the molecule is CCc1cc(C(=O)N2C[C@@H](C)[C@H](C(=O)O)C2)sc1C. The minimum absolute atomic E-state index is 0.0214. The Morgan fingerprint density at radius 1 is 1.47 bits per heavy atom. The van der Waals surface area contributed by atoms with Crippen molar-refractivity contribution < 1.29 is 14.7 Å². The zero-order valence-corrected chi connectivity index (χ0v) is 12.3. The van der Waals surface area contributed by atoms with Crippen LogP contribution in [-0.2, 0) is 11.2 Å². The van der Waals surface area contributed by atoms with E-state index in [-0.39, 0.29) is 11.8 Å². The monoisotopic (exact) mass is 281 g/mol. The summed E-state index contributed by atoms with van der Waals surface area (Å²) < 4.78 is 0. The van der Waals surface area contributed by atoms with Gasteiger partial charge in [0.15, 0.2) is 0 Å². The normalized spacial score (nSPS) is 22.8. The summed E-state index contributed by atoms with van der Waals surface area (Å²) in [5, 5.41) is 9.10. The van der Waals surface area contributed by atoms with Gasteiger partial charge in [0.2, 0.25) is 0 Å². The van der Waals surface area contributed by atoms with Gasteiger partial charge in [0, 0.05) is 18.0 Å². The van der Waals surface area contributed by atoms with Crippen LogP contribution in [0, 0.1) is 18.8 Å². The fraction of sp³-hybridized carbons (Fsp3) is 0.571. The Bertz CT molecular complexity index is 509. The summed E-state index contributed by atoms with van der Waals surface area (Å²) in [6, 6.07) is 1.95. The molecule has 1 N–H and O–H groups in total. The number of carbonyl (C=O) groups is 2. The molecule has 2 atom stereocenters. The number of carbonyl (C=O) groups excluding carboxylic acids is 1. The van der Waals surface area contributed by atoms with E-state index in [0.717, 1.165) is 11.3 Å². The van der Waals surface area contributed by atoms with E-state index in [1.807, 2.05) is 19.9 Å². The second-order valence-corrected chi connectivity index (χ2v) is 6.43. The highest BCUT2D eigenvalue weighted by Crippen LogP contribution is 2.28. The summed E-state index contributed by atoms with van der Waals surface area (Å²) in [4.78, 5) is 27.0. The third-order valence-corrected chi connectivity index (χ3v) is 4.91. The molecule has 0 spiro atoms. The van der Waals surface area contributed by atoms with Crippen LogP contribution >= 0.6 is 11.3 Å². The van der Waals surface area contributed by atoms with Crippen molar-refractivity contribution in [2.24, 2.45) is 11.8 Å². The van der Waals surface area contributed by atoms with Gasteiger partial charge in [0.25, 0.3) is 5.91 Å². The number of amides is 1. The molecule has 1 aliphatic heterocycles. The van der Waals surface area contributed by atoms with Gasteiger partial charge in [-0.05, 0) is 30.9 Å². The largest absolute Gasteiger partial charge is 0.481 e. The number of hydrogen-bond donors (Lipinski definition) is 1. The van der Waals surface area contributed by atoms with Crippen molar-refractivity contribution in [3.63, 3.8) is 0 Å². The number of thiophene rings is 1. The number of carboxylic acids is 1. The van der Waals surface area contributed by atoms with Crippen LogP contribution in [-0.4, -0.2) is 35.0 Å². The average Bonchev–Trinajstić information content (AvgIpc) is 2.91. The summed E-state index contributed by atoms with van der Waals surface area (Å²) >= 11 is 1.51. The number of carboxylic acid groups (broad SMARTS) is 1. The van der Waals surface area contributed by atoms with Gasteiger partial charge in [0.05, 0.1) is 10.8 Å². The Balaban J connectivity index is 2.14. The number of rotatable bonds is 3. The fourth-order valence-corrected chi connectivity index (χ4v) is 3.67. The molecule has 0 radical (unpaired) electrons. The molecule has 1 aromatic heterocycles. The van der Waals surface area contributed by atoms with E-state index in [2.05, 4.69) is 6.92 Å². The maximum atomic E-state index is 12.4. The van der Waals surface area contributed by atoms with Crippen molar-refractivity contribution in [2.45, 2.75) is 27.2 Å². The van der Waals surface area contributed by atoms with Crippen molar-refractivity contribution in [3.05, 3.63) is 21.4 Å². The first kappa shape index (κ1) is 14.1. The van der Waals surface area contributed by atoms with Gasteiger partial charge in [-0.3, -0.25) is 9.59 Å². The lowest BCUT2D eigenvalue weighted by Gasteiger charge is -2.14. The highest BCUT2D eigenvalue weighted by atomic mass is 32.1. The zero-order chi connectivity index (χ0) is 14.2. The van der Waals surface area contributed by atoms with E-state index >= 15 is 0 Å². The molecule has 5 heteroatoms. The van der Waals surface area contributed by atoms with Gasteiger partial charge >= 0.3 is 5.97 Å². The lowest BCUT2D eigenvalue weighted by molar-refractivity contribution is -0.142. The van der Waals surface area contributed by atoms with Crippen molar-refractivity contribution in [1.29, 1.82) is 0 Å². The van der Waals surface area contributed by atoms with Crippen LogP contribution in [0.25, 0.3) is 0 Å². The van der Waals surface area contributed by atoms with Gasteiger partial charge in [-0.15, -0.1) is 11.3 Å². The first-order valence-corrected chi connectivity index (χ1v) is 7.37. The maximum Gasteiger partial charge on any atom is 0.308 e. The average molecular weight is 281 g/mol. The van der Waals surface area contributed by atoms with Crippen LogP contribution in [0.2, 0.25) is 0 Å². The molecule has 0 aromatic carbocycles. The summed E-state index contributed by atoms with van der Waals surface area (Å²) in [5.74, 6) is -1.24. The van der Waals surface area contributed by atoms with Crippen LogP contribution in [0.5, 0.6) is 0 Å². The Hall–Kier alpha value is -1.36. The molecule has 1 saturated heterocycles. The summed E-state index contributed by atoms with van der Waals surface area (Å²) in [6.45, 7) is 6.85. The van der Waals surface area contributed by atoms with Crippen LogP contribution in [0.1, 0.15) is 34.0 Å². The zero-order valence-electron chi connectivity index (χ0n) is 11.5. The molecule has 19 heavy (non-hydrogen) atoms. The molecule has 0 bridgehead atoms. The lowest BCUT2D eigenvalue weighted by Crippen LogP contribution is -2.29. The second kappa shape index (κ2) is 5.33. The van der Waals surface area contributed by atoms with Crippen LogP contribution in [0.15, 0.2) is 6.07 Å². The molecular weight excluding hydrogens is 262 g/mol. The molecule has 0 aliphatic carbocycles. The minimum Gasteiger partial charge on any atom is -0.481 e. The van der Waals surface area contributed by atoms with Crippen molar-refractivity contribution in [1.82, 2.24) is 4.90 Å². The molecule has 1 aliphatic rings. The molecule has 1 amide bonds. The third kappa shape index (κ3) is 2.66. The van der Waals surface area contributed by atoms with Gasteiger partial charge in [0.1, 0.15) is 0 Å². The van der Waals surface area contributed by atoms with E-state index in [9.17, 15) is 9.59 Å². The van der Waals surface area contributed by atoms with Crippen LogP contribution in [0.3, 0.4) is 0 Å². The molecule has 0 unspecified atom stereocenters. The predicted octanol–water partition coefficient (Wildman–Crippen LogP) is 2.41. The molecule has 1 fully saturated rings. The van der Waals surface area contributed by atoms with Gasteiger partial charge in [-0.2, -0.15) is 0 Å². The van der Waals surface area contributed by atoms with E-state index in [1.165, 1.54) is 21.8 Å². The second-order valence-electron chi connectivity index (χ2n) is 5.18. The molecule has 4 nitrogen and oxygen atoms in total. The maximum absolute atomic E-state index is 12.4. The Morgan fingerprint density at radius 3 is 2.63 bits per heavy atom. The summed E-state index contributed by atoms with van der Waals surface area (Å²) in [7, 11) is 0. The Morgan fingerprint density at radius 2 is 2.16 bits per heavy atom. The fourth-order valence-electron chi connectivity index (χ4n) is 2.59. The van der Waals surface area contributed by atoms with Gasteiger partial charge < -0.3 is 10.0 Å². The molecule has 2 rings (SSSR count). The lowest BCUT2D eigenvalue weighted by atomic mass is 9.99. The number of hydrogen-bond acceptors (Lipinski definition) is 3. The van der Waals surface area contributed by atoms with Crippen LogP contribution in [0.4, 0.5) is 0 Å². The molecule has 1 aromatic rings. The van der Waals surface area contributed by atoms with Gasteiger partial charge in [-0.1, -0.05) is 13.8 Å². The highest BCUT2D eigenvalue weighted by molar-refractivity contribution is 7.14. The Kier molecular flexibility index (Phi) is 3.94. The molecular formula is C14H19NO3S. The quantitative estimate of drug-likeness (QED) is 0.925. The number of aliphatic carboxylic acids is 1. The van der Waals surface area contributed by atoms with Gasteiger partial charge in [-0.25, -0.2) is 0 Å². The molecule has 0 saturated carbocycles. The number of nitrogens with zero attached hydrogens (tertiary/aromatic N) is 1. The first-order valence-electron chi connectivity index (χ1n) is 6.55. The van der Waals surface area contributed by atoms with Crippen molar-refractivity contribution in [2.75, 3.05) is 13.1 Å². The predicted molar refractivity (Wildman–Crippen MR) is 74.6 cm³/mol. The van der Waals surface area contributed by atoms with E-state index in [0.29, 0.717) is 13.1 Å². The van der Waals surface area contributed by atoms with E-state index < -0.39 is 11.9 Å². The summed E-state index contributed by atoms with van der Waals surface area (Å²) in [6.07, 6.45) is 0.920. The van der Waals surface area contributed by atoms with E-state index in [1.54, 1.807) is 4.90 Å². The summed E-state index contributed by atoms with van der Waals surface area (Å²) in [5.41, 5.74) is 1.20.